The van der Waals surface area contributed by atoms with E-state index in [1.165, 1.54) is 11.8 Å². The first-order valence-corrected chi connectivity index (χ1v) is 7.75. The lowest BCUT2D eigenvalue weighted by molar-refractivity contribution is -0.137. The Balaban J connectivity index is 2.50. The Morgan fingerprint density at radius 1 is 1.59 bits per heavy atom. The second-order valence-electron chi connectivity index (χ2n) is 4.30. The molecule has 0 fully saturated rings. The lowest BCUT2D eigenvalue weighted by Gasteiger charge is -2.14. The average molecular weight is 273 g/mol. The molecule has 0 aromatic carbocycles. The molecule has 0 amide bonds. The number of carboxylic acid groups (broad SMARTS) is 1. The normalized spacial score (nSPS) is 12.9. The summed E-state index contributed by atoms with van der Waals surface area (Å²) in [5, 5.41) is 11.9. The van der Waals surface area contributed by atoms with Crippen LogP contribution < -0.4 is 0 Å². The van der Waals surface area contributed by atoms with Gasteiger partial charge < -0.3 is 5.11 Å². The van der Waals surface area contributed by atoms with Crippen LogP contribution in [0, 0.1) is 5.92 Å². The molecule has 3 nitrogen and oxygen atoms in total. The molecule has 1 aromatic heterocycles. The summed E-state index contributed by atoms with van der Waals surface area (Å²) in [7, 11) is 0. The smallest absolute Gasteiger partial charge is 0.316 e. The van der Waals surface area contributed by atoms with Gasteiger partial charge in [0.05, 0.1) is 10.7 Å². The summed E-state index contributed by atoms with van der Waals surface area (Å²) >= 11 is 3.14. The number of aromatic nitrogens is 1. The second kappa shape index (κ2) is 7.01. The number of carbonyl (C=O) groups is 1. The molecule has 5 heteroatoms. The van der Waals surface area contributed by atoms with Crippen molar-refractivity contribution in [2.45, 2.75) is 44.6 Å². The predicted molar refractivity (Wildman–Crippen MR) is 73.7 cm³/mol. The molecule has 1 unspecified atom stereocenters. The zero-order chi connectivity index (χ0) is 12.8. The molecule has 96 valence electrons. The van der Waals surface area contributed by atoms with Crippen molar-refractivity contribution in [3.8, 4) is 0 Å². The Bertz CT molecular complexity index is 363. The average Bonchev–Trinajstić information content (AvgIpc) is 2.65. The van der Waals surface area contributed by atoms with Gasteiger partial charge in [0.15, 0.2) is 0 Å². The Labute approximate surface area is 111 Å². The highest BCUT2D eigenvalue weighted by Crippen LogP contribution is 2.25. The van der Waals surface area contributed by atoms with Gasteiger partial charge in [-0.15, -0.1) is 23.1 Å². The second-order valence-corrected chi connectivity index (χ2v) is 6.37. The maximum atomic E-state index is 11.0. The van der Waals surface area contributed by atoms with E-state index < -0.39 is 5.97 Å². The Kier molecular flexibility index (Phi) is 5.98. The summed E-state index contributed by atoms with van der Waals surface area (Å²) in [5.41, 5.74) is 1.01. The third-order valence-corrected chi connectivity index (χ3v) is 4.85. The minimum absolute atomic E-state index is 0.145. The summed E-state index contributed by atoms with van der Waals surface area (Å²) in [5.74, 6) is 0.107. The minimum atomic E-state index is -0.728. The molecule has 0 spiro atoms. The fourth-order valence-electron chi connectivity index (χ4n) is 1.47. The van der Waals surface area contributed by atoms with E-state index in [-0.39, 0.29) is 11.2 Å². The monoisotopic (exact) mass is 273 g/mol. The van der Waals surface area contributed by atoms with Crippen molar-refractivity contribution >= 4 is 29.1 Å². The summed E-state index contributed by atoms with van der Waals surface area (Å²) in [6, 6.07) is 0. The quantitative estimate of drug-likeness (QED) is 0.827. The molecule has 1 aromatic rings. The largest absolute Gasteiger partial charge is 0.480 e. The number of nitrogens with zero attached hydrogens (tertiary/aromatic N) is 1. The third kappa shape index (κ3) is 4.68. The number of aliphatic carboxylic acids is 1. The van der Waals surface area contributed by atoms with Crippen LogP contribution in [0.5, 0.6) is 0 Å². The van der Waals surface area contributed by atoms with Gasteiger partial charge in [0, 0.05) is 11.1 Å². The first-order chi connectivity index (χ1) is 8.04. The van der Waals surface area contributed by atoms with Crippen LogP contribution in [0.1, 0.15) is 37.9 Å². The molecule has 0 bridgehead atoms. The van der Waals surface area contributed by atoms with Crippen LogP contribution in [0.15, 0.2) is 5.38 Å². The minimum Gasteiger partial charge on any atom is -0.480 e. The molecule has 0 aliphatic heterocycles. The lowest BCUT2D eigenvalue weighted by Crippen LogP contribution is -2.22. The molecular formula is C12H19NO2S2. The van der Waals surface area contributed by atoms with Crippen LogP contribution >= 0.6 is 23.1 Å². The first-order valence-electron chi connectivity index (χ1n) is 5.82. The zero-order valence-electron chi connectivity index (χ0n) is 10.5. The van der Waals surface area contributed by atoms with Gasteiger partial charge >= 0.3 is 5.97 Å². The van der Waals surface area contributed by atoms with Crippen LogP contribution in [0.4, 0.5) is 0 Å². The van der Waals surface area contributed by atoms with Crippen LogP contribution in [-0.4, -0.2) is 21.3 Å². The van der Waals surface area contributed by atoms with E-state index in [0.29, 0.717) is 5.75 Å². The highest BCUT2D eigenvalue weighted by atomic mass is 32.2. The Morgan fingerprint density at radius 3 is 2.82 bits per heavy atom. The van der Waals surface area contributed by atoms with Crippen LogP contribution in [0.2, 0.25) is 0 Å². The Hall–Kier alpha value is -0.550. The number of carboxylic acids is 1. The number of aryl methyl sites for hydroxylation is 1. The molecule has 17 heavy (non-hydrogen) atoms. The number of thiazole rings is 1. The van der Waals surface area contributed by atoms with Gasteiger partial charge in [-0.2, -0.15) is 0 Å². The molecule has 1 N–H and O–H groups in total. The Morgan fingerprint density at radius 2 is 2.29 bits per heavy atom. The molecule has 1 atom stereocenters. The van der Waals surface area contributed by atoms with Gasteiger partial charge in [0.1, 0.15) is 5.25 Å². The van der Waals surface area contributed by atoms with Crippen LogP contribution in [-0.2, 0) is 17.0 Å². The van der Waals surface area contributed by atoms with E-state index >= 15 is 0 Å². The predicted octanol–water partition coefficient (Wildman–Crippen LogP) is 3.44. The number of rotatable bonds is 7. The maximum absolute atomic E-state index is 11.0. The van der Waals surface area contributed by atoms with Gasteiger partial charge in [-0.25, -0.2) is 4.98 Å². The van der Waals surface area contributed by atoms with Crippen LogP contribution in [0.3, 0.4) is 0 Å². The summed E-state index contributed by atoms with van der Waals surface area (Å²) < 4.78 is 0. The number of hydrogen-bond donors (Lipinski definition) is 1. The summed E-state index contributed by atoms with van der Waals surface area (Å²) in [6.07, 6.45) is 2.12. The van der Waals surface area contributed by atoms with Crippen molar-refractivity contribution in [3.05, 3.63) is 16.1 Å². The van der Waals surface area contributed by atoms with Crippen molar-refractivity contribution in [1.82, 2.24) is 4.98 Å². The molecule has 0 radical (unpaired) electrons. The molecule has 0 aliphatic carbocycles. The summed E-state index contributed by atoms with van der Waals surface area (Å²) in [6.45, 7) is 6.01. The molecule has 1 rings (SSSR count). The lowest BCUT2D eigenvalue weighted by atomic mass is 10.1. The first kappa shape index (κ1) is 14.5. The van der Waals surface area contributed by atoms with Crippen molar-refractivity contribution in [1.29, 1.82) is 0 Å². The van der Waals surface area contributed by atoms with E-state index in [0.717, 1.165) is 23.5 Å². The van der Waals surface area contributed by atoms with Crippen molar-refractivity contribution in [2.24, 2.45) is 5.92 Å². The van der Waals surface area contributed by atoms with Gasteiger partial charge in [0.2, 0.25) is 0 Å². The SMILES string of the molecule is CCCc1nc(CSC(C(=O)O)C(C)C)cs1. The highest BCUT2D eigenvalue weighted by molar-refractivity contribution is 7.99. The van der Waals surface area contributed by atoms with E-state index in [4.69, 9.17) is 5.11 Å². The fraction of sp³-hybridized carbons (Fsp3) is 0.667. The number of hydrogen-bond acceptors (Lipinski definition) is 4. The van der Waals surface area contributed by atoms with Crippen LogP contribution in [0.25, 0.3) is 0 Å². The molecule has 0 saturated carbocycles. The molecule has 0 aliphatic rings. The van der Waals surface area contributed by atoms with Gasteiger partial charge in [-0.3, -0.25) is 4.79 Å². The topological polar surface area (TPSA) is 50.2 Å². The molecule has 0 saturated heterocycles. The van der Waals surface area contributed by atoms with E-state index in [1.54, 1.807) is 11.3 Å². The van der Waals surface area contributed by atoms with Gasteiger partial charge in [-0.05, 0) is 18.8 Å². The van der Waals surface area contributed by atoms with Gasteiger partial charge in [0.25, 0.3) is 0 Å². The highest BCUT2D eigenvalue weighted by Gasteiger charge is 2.22. The number of thioether (sulfide) groups is 1. The third-order valence-electron chi connectivity index (χ3n) is 2.32. The van der Waals surface area contributed by atoms with Gasteiger partial charge in [-0.1, -0.05) is 20.8 Å². The van der Waals surface area contributed by atoms with Crippen molar-refractivity contribution in [3.63, 3.8) is 0 Å². The summed E-state index contributed by atoms with van der Waals surface area (Å²) in [4.78, 5) is 15.5. The maximum Gasteiger partial charge on any atom is 0.316 e. The molecule has 1 heterocycles. The molecular weight excluding hydrogens is 254 g/mol. The van der Waals surface area contributed by atoms with Crippen molar-refractivity contribution in [2.75, 3.05) is 0 Å². The van der Waals surface area contributed by atoms with E-state index in [1.807, 2.05) is 19.2 Å². The van der Waals surface area contributed by atoms with E-state index in [9.17, 15) is 4.79 Å². The van der Waals surface area contributed by atoms with E-state index in [2.05, 4.69) is 11.9 Å². The standard InChI is InChI=1S/C12H19NO2S2/c1-4-5-10-13-9(6-16-10)7-17-11(8(2)3)12(14)15/h6,8,11H,4-5,7H2,1-3H3,(H,14,15). The van der Waals surface area contributed by atoms with Crippen molar-refractivity contribution < 1.29 is 9.90 Å². The zero-order valence-corrected chi connectivity index (χ0v) is 12.1. The fourth-order valence-corrected chi connectivity index (χ4v) is 3.50.